The molecule has 0 spiro atoms. The largest absolute Gasteiger partial charge is 0.300 e. The fraction of sp³-hybridized carbons (Fsp3) is 0.300. The SMILES string of the molecule is O=C1CC(S(=O)(=O)c2ccccc2)C1. The van der Waals surface area contributed by atoms with Crippen molar-refractivity contribution in [2.24, 2.45) is 0 Å². The number of carbonyl (C=O) groups is 1. The molecule has 0 aliphatic heterocycles. The lowest BCUT2D eigenvalue weighted by Gasteiger charge is -2.23. The van der Waals surface area contributed by atoms with Crippen molar-refractivity contribution in [2.45, 2.75) is 23.0 Å². The molecule has 1 aromatic carbocycles. The number of hydrogen-bond donors (Lipinski definition) is 0. The predicted molar refractivity (Wildman–Crippen MR) is 51.7 cm³/mol. The summed E-state index contributed by atoms with van der Waals surface area (Å²) < 4.78 is 23.6. The van der Waals surface area contributed by atoms with Crippen molar-refractivity contribution < 1.29 is 13.2 Å². The summed E-state index contributed by atoms with van der Waals surface area (Å²) in [4.78, 5) is 11.0. The van der Waals surface area contributed by atoms with Gasteiger partial charge in [-0.05, 0) is 12.1 Å². The second-order valence-electron chi connectivity index (χ2n) is 3.43. The van der Waals surface area contributed by atoms with Crippen LogP contribution in [-0.4, -0.2) is 19.5 Å². The van der Waals surface area contributed by atoms with Crippen LogP contribution in [0.25, 0.3) is 0 Å². The van der Waals surface area contributed by atoms with Crippen LogP contribution in [0.15, 0.2) is 35.2 Å². The van der Waals surface area contributed by atoms with Gasteiger partial charge in [-0.2, -0.15) is 0 Å². The zero-order valence-electron chi connectivity index (χ0n) is 7.51. The number of carbonyl (C=O) groups excluding carboxylic acids is 1. The Labute approximate surface area is 82.7 Å². The molecule has 0 unspecified atom stereocenters. The second kappa shape index (κ2) is 3.20. The molecule has 0 N–H and O–H groups in total. The molecule has 0 bridgehead atoms. The molecule has 3 nitrogen and oxygen atoms in total. The lowest BCUT2D eigenvalue weighted by Crippen LogP contribution is -2.36. The van der Waals surface area contributed by atoms with Gasteiger partial charge in [-0.1, -0.05) is 18.2 Å². The molecule has 0 saturated heterocycles. The van der Waals surface area contributed by atoms with Gasteiger partial charge in [0.25, 0.3) is 0 Å². The quantitative estimate of drug-likeness (QED) is 0.736. The highest BCUT2D eigenvalue weighted by Crippen LogP contribution is 2.28. The van der Waals surface area contributed by atoms with Gasteiger partial charge < -0.3 is 0 Å². The first kappa shape index (κ1) is 9.40. The number of ketones is 1. The summed E-state index contributed by atoms with van der Waals surface area (Å²) in [6.45, 7) is 0. The normalized spacial score (nSPS) is 17.9. The zero-order chi connectivity index (χ0) is 10.2. The summed E-state index contributed by atoms with van der Waals surface area (Å²) in [5.41, 5.74) is 0. The predicted octanol–water partition coefficient (Wildman–Crippen LogP) is 1.19. The van der Waals surface area contributed by atoms with Crippen molar-refractivity contribution in [1.29, 1.82) is 0 Å². The lowest BCUT2D eigenvalue weighted by atomic mass is 9.98. The van der Waals surface area contributed by atoms with Crippen LogP contribution in [0.2, 0.25) is 0 Å². The number of benzene rings is 1. The minimum Gasteiger partial charge on any atom is -0.300 e. The molecule has 1 aliphatic rings. The third-order valence-corrected chi connectivity index (χ3v) is 4.56. The molecule has 4 heteroatoms. The Morgan fingerprint density at radius 1 is 1.07 bits per heavy atom. The van der Waals surface area contributed by atoms with Crippen molar-refractivity contribution in [3.8, 4) is 0 Å². The Balaban J connectivity index is 2.30. The van der Waals surface area contributed by atoms with E-state index < -0.39 is 15.1 Å². The van der Waals surface area contributed by atoms with E-state index in [0.717, 1.165) is 0 Å². The highest BCUT2D eigenvalue weighted by Gasteiger charge is 2.38. The highest BCUT2D eigenvalue weighted by atomic mass is 32.2. The standard InChI is InChI=1S/C10H10O3S/c11-8-6-10(7-8)14(12,13)9-4-2-1-3-5-9/h1-5,10H,6-7H2. The van der Waals surface area contributed by atoms with Crippen molar-refractivity contribution in [3.63, 3.8) is 0 Å². The van der Waals surface area contributed by atoms with Crippen LogP contribution in [0.3, 0.4) is 0 Å². The Morgan fingerprint density at radius 2 is 1.64 bits per heavy atom. The first-order valence-corrected chi connectivity index (χ1v) is 5.96. The molecule has 1 aliphatic carbocycles. The minimum atomic E-state index is -3.26. The average Bonchev–Trinajstić information content (AvgIpc) is 2.14. The van der Waals surface area contributed by atoms with Crippen molar-refractivity contribution in [1.82, 2.24) is 0 Å². The van der Waals surface area contributed by atoms with E-state index >= 15 is 0 Å². The molecule has 14 heavy (non-hydrogen) atoms. The minimum absolute atomic E-state index is 0.0366. The molecular formula is C10H10O3S. The van der Waals surface area contributed by atoms with Crippen molar-refractivity contribution in [2.75, 3.05) is 0 Å². The smallest absolute Gasteiger partial charge is 0.182 e. The summed E-state index contributed by atoms with van der Waals surface area (Å²) in [7, 11) is -3.26. The van der Waals surface area contributed by atoms with Crippen molar-refractivity contribution >= 4 is 15.6 Å². The molecule has 0 radical (unpaired) electrons. The van der Waals surface area contributed by atoms with E-state index in [-0.39, 0.29) is 18.6 Å². The summed E-state index contributed by atoms with van der Waals surface area (Å²) in [6, 6.07) is 8.28. The monoisotopic (exact) mass is 210 g/mol. The van der Waals surface area contributed by atoms with E-state index in [0.29, 0.717) is 4.90 Å². The molecule has 0 aromatic heterocycles. The Hall–Kier alpha value is -1.16. The molecule has 0 atom stereocenters. The first-order valence-electron chi connectivity index (χ1n) is 4.41. The van der Waals surface area contributed by atoms with Crippen LogP contribution in [0.1, 0.15) is 12.8 Å². The lowest BCUT2D eigenvalue weighted by molar-refractivity contribution is -0.123. The van der Waals surface area contributed by atoms with Crippen LogP contribution >= 0.6 is 0 Å². The maximum absolute atomic E-state index is 11.8. The fourth-order valence-electron chi connectivity index (χ4n) is 1.47. The number of sulfone groups is 1. The van der Waals surface area contributed by atoms with Crippen LogP contribution in [0, 0.1) is 0 Å². The van der Waals surface area contributed by atoms with E-state index in [1.54, 1.807) is 30.3 Å². The van der Waals surface area contributed by atoms with E-state index in [9.17, 15) is 13.2 Å². The van der Waals surface area contributed by atoms with Gasteiger partial charge >= 0.3 is 0 Å². The van der Waals surface area contributed by atoms with Crippen molar-refractivity contribution in [3.05, 3.63) is 30.3 Å². The molecule has 1 saturated carbocycles. The molecule has 2 rings (SSSR count). The third-order valence-electron chi connectivity index (χ3n) is 2.42. The van der Waals surface area contributed by atoms with E-state index in [1.165, 1.54) is 0 Å². The van der Waals surface area contributed by atoms with Gasteiger partial charge in [-0.3, -0.25) is 4.79 Å². The summed E-state index contributed by atoms with van der Waals surface area (Å²) >= 11 is 0. The summed E-state index contributed by atoms with van der Waals surface area (Å²) in [5.74, 6) is 0.0366. The fourth-order valence-corrected chi connectivity index (χ4v) is 3.20. The van der Waals surface area contributed by atoms with Gasteiger partial charge in [0, 0.05) is 12.8 Å². The topological polar surface area (TPSA) is 51.2 Å². The van der Waals surface area contributed by atoms with Gasteiger partial charge in [0.1, 0.15) is 5.78 Å². The maximum Gasteiger partial charge on any atom is 0.182 e. The Kier molecular flexibility index (Phi) is 2.15. The summed E-state index contributed by atoms with van der Waals surface area (Å²) in [5, 5.41) is -0.489. The van der Waals surface area contributed by atoms with E-state index in [4.69, 9.17) is 0 Å². The number of rotatable bonds is 2. The van der Waals surface area contributed by atoms with E-state index in [1.807, 2.05) is 0 Å². The Bertz CT molecular complexity index is 440. The van der Waals surface area contributed by atoms with Gasteiger partial charge in [-0.15, -0.1) is 0 Å². The van der Waals surface area contributed by atoms with Gasteiger partial charge in [0.2, 0.25) is 0 Å². The molecule has 1 fully saturated rings. The average molecular weight is 210 g/mol. The Morgan fingerprint density at radius 3 is 2.14 bits per heavy atom. The van der Waals surface area contributed by atoms with Crippen LogP contribution < -0.4 is 0 Å². The number of Topliss-reactive ketones (excluding diaryl/α,β-unsaturated/α-hetero) is 1. The van der Waals surface area contributed by atoms with E-state index in [2.05, 4.69) is 0 Å². The third kappa shape index (κ3) is 1.46. The maximum atomic E-state index is 11.8. The van der Waals surface area contributed by atoms with Gasteiger partial charge in [0.15, 0.2) is 9.84 Å². The molecule has 0 heterocycles. The molecular weight excluding hydrogens is 200 g/mol. The molecule has 74 valence electrons. The van der Waals surface area contributed by atoms with Crippen LogP contribution in [0.4, 0.5) is 0 Å². The second-order valence-corrected chi connectivity index (χ2v) is 5.66. The van der Waals surface area contributed by atoms with Crippen LogP contribution in [-0.2, 0) is 14.6 Å². The first-order chi connectivity index (χ1) is 6.60. The molecule has 0 amide bonds. The van der Waals surface area contributed by atoms with Crippen LogP contribution in [0.5, 0.6) is 0 Å². The zero-order valence-corrected chi connectivity index (χ0v) is 8.33. The summed E-state index contributed by atoms with van der Waals surface area (Å²) in [6.07, 6.45) is 0.356. The molecule has 1 aromatic rings. The van der Waals surface area contributed by atoms with Gasteiger partial charge in [-0.25, -0.2) is 8.42 Å². The highest BCUT2D eigenvalue weighted by molar-refractivity contribution is 7.92. The van der Waals surface area contributed by atoms with Gasteiger partial charge in [0.05, 0.1) is 10.1 Å². The number of hydrogen-bond acceptors (Lipinski definition) is 3.